The van der Waals surface area contributed by atoms with Crippen molar-refractivity contribution in [2.75, 3.05) is 27.2 Å². The summed E-state index contributed by atoms with van der Waals surface area (Å²) in [5.74, 6) is -1.22. The van der Waals surface area contributed by atoms with Crippen LogP contribution in [0.15, 0.2) is 10.6 Å². The third kappa shape index (κ3) is 3.89. The number of rotatable bonds is 9. The molecule has 0 unspecified atom stereocenters. The largest absolute Gasteiger partial charge is 0.377 e. The number of likely N-dealkylation sites (N-methyl/N-ethyl adjacent to an activating group) is 1. The average Bonchev–Trinajstić information content (AvgIpc) is 3.15. The van der Waals surface area contributed by atoms with Gasteiger partial charge in [-0.3, -0.25) is 14.4 Å². The lowest BCUT2D eigenvalue weighted by atomic mass is 9.66. The lowest BCUT2D eigenvalue weighted by Gasteiger charge is -2.54. The fourth-order valence-electron chi connectivity index (χ4n) is 5.67. The standard InChI is InChI=1S/C27H45N3O4S/c1-12-29(10)24(33)27(9)25(6,7)18(13-28-27)35-22-17(14-31)30-21(19(22)15(2)3)20(23(30)32)26(8,34-11)16(4)5/h14-16,18-21,28H,12-13H2,1-11H3/t18-,19-,20-,21-,26-,27-/m1/s1/i13D2,18D. The molecule has 3 rings (SSSR count). The smallest absolute Gasteiger partial charge is 0.242 e. The van der Waals surface area contributed by atoms with Gasteiger partial charge in [0.05, 0.1) is 23.3 Å². The van der Waals surface area contributed by atoms with Gasteiger partial charge < -0.3 is 19.9 Å². The molecule has 0 bridgehead atoms. The molecule has 7 nitrogen and oxygen atoms in total. The van der Waals surface area contributed by atoms with Crippen LogP contribution in [0.4, 0.5) is 0 Å². The summed E-state index contributed by atoms with van der Waals surface area (Å²) in [4.78, 5) is 43.2. The van der Waals surface area contributed by atoms with Gasteiger partial charge in [0.25, 0.3) is 0 Å². The molecule has 35 heavy (non-hydrogen) atoms. The second kappa shape index (κ2) is 9.49. The van der Waals surface area contributed by atoms with Crippen LogP contribution in [0.2, 0.25) is 0 Å². The minimum Gasteiger partial charge on any atom is -0.377 e. The van der Waals surface area contributed by atoms with E-state index in [1.54, 1.807) is 34.9 Å². The molecule has 6 atom stereocenters. The molecule has 0 spiro atoms. The van der Waals surface area contributed by atoms with Crippen LogP contribution in [0, 0.1) is 29.1 Å². The van der Waals surface area contributed by atoms with Crippen LogP contribution in [-0.4, -0.2) is 77.5 Å². The quantitative estimate of drug-likeness (QED) is 0.378. The number of thioether (sulfide) groups is 1. The van der Waals surface area contributed by atoms with Gasteiger partial charge in [-0.25, -0.2) is 0 Å². The highest BCUT2D eigenvalue weighted by atomic mass is 32.2. The summed E-state index contributed by atoms with van der Waals surface area (Å²) in [6, 6.07) is -0.330. The second-order valence-corrected chi connectivity index (χ2v) is 12.7. The third-order valence-electron chi connectivity index (χ3n) is 9.06. The Morgan fingerprint density at radius 2 is 2.00 bits per heavy atom. The zero-order valence-electron chi connectivity index (χ0n) is 26.1. The first-order valence-electron chi connectivity index (χ1n) is 14.1. The number of ether oxygens (including phenoxy) is 1. The van der Waals surface area contributed by atoms with Gasteiger partial charge in [-0.05, 0) is 32.6 Å². The van der Waals surface area contributed by atoms with Gasteiger partial charge in [-0.15, -0.1) is 11.8 Å². The third-order valence-corrected chi connectivity index (χ3v) is 10.6. The topological polar surface area (TPSA) is 79.0 Å². The van der Waals surface area contributed by atoms with E-state index in [4.69, 9.17) is 7.48 Å². The predicted octanol–water partition coefficient (Wildman–Crippen LogP) is 3.54. The maximum Gasteiger partial charge on any atom is 0.242 e. The first-order chi connectivity index (χ1) is 17.3. The fourth-order valence-corrected chi connectivity index (χ4v) is 7.25. The number of β-lactam (4-membered cyclic amide) rings is 1. The molecule has 3 aliphatic heterocycles. The number of hydrogen-bond donors (Lipinski definition) is 1. The molecule has 0 radical (unpaired) electrons. The Hall–Kier alpha value is -1.38. The fraction of sp³-hybridized carbons (Fsp3) is 0.815. The number of allylic oxidation sites excluding steroid dienone is 1. The van der Waals surface area contributed by atoms with Crippen LogP contribution in [0.5, 0.6) is 0 Å². The van der Waals surface area contributed by atoms with Crippen molar-refractivity contribution in [1.82, 2.24) is 15.1 Å². The SMILES string of the molecule is [2H]C1([2H])N[C@](C)(C(=O)N(C)CC)C(C)(C)[C@]1([2H])SC1=C(C=O)N2C(=O)[C@H]([C@](C)(OC)C(C)C)[C@H]2[C@H]1C(C)C. The monoisotopic (exact) mass is 510 g/mol. The van der Waals surface area contributed by atoms with Gasteiger partial charge in [0.2, 0.25) is 11.8 Å². The molecular formula is C27H45N3O4S. The molecule has 0 aromatic heterocycles. The highest BCUT2D eigenvalue weighted by molar-refractivity contribution is 8.03. The summed E-state index contributed by atoms with van der Waals surface area (Å²) in [5.41, 5.74) is -3.15. The van der Waals surface area contributed by atoms with Crippen LogP contribution in [0.3, 0.4) is 0 Å². The molecule has 8 heteroatoms. The van der Waals surface area contributed by atoms with Crippen LogP contribution >= 0.6 is 11.8 Å². The molecule has 0 aliphatic carbocycles. The highest BCUT2D eigenvalue weighted by Gasteiger charge is 2.66. The Morgan fingerprint density at radius 3 is 2.46 bits per heavy atom. The number of amides is 2. The van der Waals surface area contributed by atoms with Gasteiger partial charge in [0.1, 0.15) is 5.54 Å². The predicted molar refractivity (Wildman–Crippen MR) is 141 cm³/mol. The molecule has 2 fully saturated rings. The summed E-state index contributed by atoms with van der Waals surface area (Å²) in [6.45, 7) is 15.1. The summed E-state index contributed by atoms with van der Waals surface area (Å²) in [5, 5.41) is 0.979. The maximum atomic E-state index is 13.6. The number of nitrogens with zero attached hydrogens (tertiary/aromatic N) is 2. The van der Waals surface area contributed by atoms with E-state index < -0.39 is 34.2 Å². The van der Waals surface area contributed by atoms with Crippen molar-refractivity contribution in [2.24, 2.45) is 29.1 Å². The molecule has 2 amide bonds. The summed E-state index contributed by atoms with van der Waals surface area (Å²) < 4.78 is 33.5. The van der Waals surface area contributed by atoms with E-state index in [0.717, 1.165) is 11.8 Å². The van der Waals surface area contributed by atoms with Crippen molar-refractivity contribution in [3.63, 3.8) is 0 Å². The Balaban J connectivity index is 2.15. The van der Waals surface area contributed by atoms with E-state index in [-0.39, 0.29) is 41.3 Å². The van der Waals surface area contributed by atoms with E-state index in [0.29, 0.717) is 17.7 Å². The average molecular weight is 511 g/mol. The van der Waals surface area contributed by atoms with Crippen molar-refractivity contribution in [3.05, 3.63) is 10.6 Å². The number of carbonyl (C=O) groups excluding carboxylic acids is 3. The number of nitrogens with one attached hydrogen (secondary N) is 1. The van der Waals surface area contributed by atoms with Gasteiger partial charge >= 0.3 is 0 Å². The van der Waals surface area contributed by atoms with Crippen molar-refractivity contribution >= 4 is 29.9 Å². The van der Waals surface area contributed by atoms with Crippen molar-refractivity contribution in [1.29, 1.82) is 0 Å². The van der Waals surface area contributed by atoms with E-state index in [2.05, 4.69) is 5.32 Å². The molecule has 3 aliphatic rings. The Labute approximate surface area is 220 Å². The molecule has 2 saturated heterocycles. The van der Waals surface area contributed by atoms with Crippen molar-refractivity contribution in [2.45, 2.75) is 84.7 Å². The van der Waals surface area contributed by atoms with E-state index in [1.165, 1.54) is 9.80 Å². The molecule has 0 aromatic carbocycles. The van der Waals surface area contributed by atoms with Crippen molar-refractivity contribution in [3.8, 4) is 0 Å². The number of aldehydes is 1. The highest BCUT2D eigenvalue weighted by Crippen LogP contribution is 2.58. The minimum absolute atomic E-state index is 0.00231. The molecule has 198 valence electrons. The second-order valence-electron chi connectivity index (χ2n) is 11.6. The van der Waals surface area contributed by atoms with Gasteiger partial charge in [0, 0.05) is 52.8 Å². The number of carbonyl (C=O) groups is 3. The van der Waals surface area contributed by atoms with Crippen LogP contribution in [0.25, 0.3) is 0 Å². The van der Waals surface area contributed by atoms with E-state index >= 15 is 0 Å². The Morgan fingerprint density at radius 1 is 1.40 bits per heavy atom. The zero-order valence-corrected chi connectivity index (χ0v) is 23.9. The first-order valence-corrected chi connectivity index (χ1v) is 13.4. The lowest BCUT2D eigenvalue weighted by molar-refractivity contribution is -0.184. The van der Waals surface area contributed by atoms with Gasteiger partial charge in [0.15, 0.2) is 6.29 Å². The van der Waals surface area contributed by atoms with E-state index in [9.17, 15) is 15.8 Å². The zero-order chi connectivity index (χ0) is 29.4. The van der Waals surface area contributed by atoms with Gasteiger partial charge in [-0.2, -0.15) is 0 Å². The Kier molecular flexibility index (Phi) is 6.50. The number of fused-ring (bicyclic) bond motifs is 1. The molecule has 0 aromatic rings. The summed E-state index contributed by atoms with van der Waals surface area (Å²) in [7, 11) is 3.26. The van der Waals surface area contributed by atoms with Gasteiger partial charge in [-0.1, -0.05) is 41.5 Å². The molecule has 0 saturated carbocycles. The summed E-state index contributed by atoms with van der Waals surface area (Å²) in [6.07, 6.45) is 0.662. The van der Waals surface area contributed by atoms with Crippen LogP contribution in [0.1, 0.15) is 66.4 Å². The lowest BCUT2D eigenvalue weighted by Crippen LogP contribution is -2.69. The Bertz CT molecular complexity index is 1050. The minimum atomic E-state index is -2.29. The van der Waals surface area contributed by atoms with Crippen LogP contribution < -0.4 is 5.32 Å². The maximum absolute atomic E-state index is 13.6. The van der Waals surface area contributed by atoms with E-state index in [1.807, 2.05) is 41.5 Å². The first kappa shape index (κ1) is 24.0. The van der Waals surface area contributed by atoms with Crippen molar-refractivity contribution < 1.29 is 23.2 Å². The number of hydrogen-bond acceptors (Lipinski definition) is 6. The number of methoxy groups -OCH3 is 1. The van der Waals surface area contributed by atoms with Crippen LogP contribution in [-0.2, 0) is 19.1 Å². The molecular weight excluding hydrogens is 462 g/mol. The summed E-state index contributed by atoms with van der Waals surface area (Å²) >= 11 is 0.989. The molecule has 1 N–H and O–H groups in total. The normalized spacial score (nSPS) is 38.5. The molecule has 3 heterocycles.